The Hall–Kier alpha value is 0.200. The fourth-order valence-corrected chi connectivity index (χ4v) is 3.13. The zero-order valence-corrected chi connectivity index (χ0v) is 16.3. The van der Waals surface area contributed by atoms with Gasteiger partial charge in [0.15, 0.2) is 0 Å². The third-order valence-corrected chi connectivity index (χ3v) is 5.19. The average molecular weight is 333 g/mol. The molecule has 21 heavy (non-hydrogen) atoms. The van der Waals surface area contributed by atoms with Crippen molar-refractivity contribution < 1.29 is 3.89 Å². The fourth-order valence-electron chi connectivity index (χ4n) is 2.39. The lowest BCUT2D eigenvalue weighted by Crippen LogP contribution is -2.55. The van der Waals surface area contributed by atoms with E-state index in [1.165, 1.54) is 51.4 Å². The lowest BCUT2D eigenvalue weighted by molar-refractivity contribution is -0.702. The first-order chi connectivity index (χ1) is 10.1. The van der Waals surface area contributed by atoms with Crippen molar-refractivity contribution in [2.45, 2.75) is 79.1 Å². The van der Waals surface area contributed by atoms with Gasteiger partial charge in [-0.25, -0.2) is 0 Å². The van der Waals surface area contributed by atoms with Crippen molar-refractivity contribution >= 4 is 30.1 Å². The van der Waals surface area contributed by atoms with Crippen LogP contribution in [-0.4, -0.2) is 40.1 Å². The van der Waals surface area contributed by atoms with Crippen LogP contribution in [0.15, 0.2) is 0 Å². The van der Waals surface area contributed by atoms with Gasteiger partial charge in [-0.15, -0.1) is 0 Å². The van der Waals surface area contributed by atoms with Crippen LogP contribution in [0, 0.1) is 0 Å². The van der Waals surface area contributed by atoms with Crippen LogP contribution in [0.25, 0.3) is 0 Å². The Balaban J connectivity index is 4.87. The third-order valence-electron chi connectivity index (χ3n) is 3.93. The van der Waals surface area contributed by atoms with Gasteiger partial charge in [0.1, 0.15) is 0 Å². The second-order valence-corrected chi connectivity index (χ2v) is 7.08. The normalized spacial score (nSPS) is 11.7. The quantitative estimate of drug-likeness (QED) is 0.280. The van der Waals surface area contributed by atoms with Crippen molar-refractivity contribution in [2.24, 2.45) is 0 Å². The summed E-state index contributed by atoms with van der Waals surface area (Å²) < 4.78 is 0.560. The van der Waals surface area contributed by atoms with Crippen LogP contribution in [-0.2, 0) is 12.8 Å². The first-order valence-electron chi connectivity index (χ1n) is 8.93. The highest BCUT2D eigenvalue weighted by atomic mass is 32.1. The SMILES string of the molecule is CCCCN(CCCC)C(=S)[N+]([S-])(CCCC)CCCC. The maximum absolute atomic E-state index is 5.99. The number of thiocarbonyl (C=S) groups is 1. The van der Waals surface area contributed by atoms with Gasteiger partial charge in [0.25, 0.3) is 5.11 Å². The topological polar surface area (TPSA) is 3.24 Å². The maximum atomic E-state index is 5.99. The fraction of sp³-hybridized carbons (Fsp3) is 0.941. The average Bonchev–Trinajstić information content (AvgIpc) is 2.50. The molecule has 0 amide bonds. The first-order valence-corrected chi connectivity index (χ1v) is 9.70. The lowest BCUT2D eigenvalue weighted by Gasteiger charge is -2.47. The first kappa shape index (κ1) is 21.2. The number of quaternary nitrogens is 1. The van der Waals surface area contributed by atoms with Gasteiger partial charge in [-0.1, -0.05) is 53.4 Å². The minimum absolute atomic E-state index is 0.560. The van der Waals surface area contributed by atoms with Crippen LogP contribution in [0.5, 0.6) is 0 Å². The minimum Gasteiger partial charge on any atom is -0.485 e. The van der Waals surface area contributed by atoms with Crippen molar-refractivity contribution in [3.63, 3.8) is 0 Å². The van der Waals surface area contributed by atoms with Crippen LogP contribution < -0.4 is 0 Å². The minimum atomic E-state index is 0.560. The Kier molecular flexibility index (Phi) is 12.8. The Bertz CT molecular complexity index is 254. The highest BCUT2D eigenvalue weighted by Gasteiger charge is 2.25. The summed E-state index contributed by atoms with van der Waals surface area (Å²) in [6.45, 7) is 13.1. The van der Waals surface area contributed by atoms with E-state index >= 15 is 0 Å². The highest BCUT2D eigenvalue weighted by Crippen LogP contribution is 2.16. The molecule has 0 spiro atoms. The number of unbranched alkanes of at least 4 members (excludes halogenated alkanes) is 4. The molecule has 0 radical (unpaired) electrons. The third kappa shape index (κ3) is 8.41. The van der Waals surface area contributed by atoms with Crippen molar-refractivity contribution in [3.05, 3.63) is 0 Å². The summed E-state index contributed by atoms with van der Waals surface area (Å²) >= 11 is 11.8. The molecule has 0 unspecified atom stereocenters. The molecule has 0 aromatic heterocycles. The van der Waals surface area contributed by atoms with Gasteiger partial charge in [-0.2, -0.15) is 0 Å². The summed E-state index contributed by atoms with van der Waals surface area (Å²) in [6.07, 6.45) is 9.57. The predicted molar refractivity (Wildman–Crippen MR) is 101 cm³/mol. The molecule has 0 saturated carbocycles. The maximum Gasteiger partial charge on any atom is 0.254 e. The molecule has 0 N–H and O–H groups in total. The van der Waals surface area contributed by atoms with E-state index in [1.54, 1.807) is 0 Å². The summed E-state index contributed by atoms with van der Waals surface area (Å²) in [6, 6.07) is 0. The van der Waals surface area contributed by atoms with E-state index in [4.69, 9.17) is 25.0 Å². The second kappa shape index (κ2) is 12.7. The zero-order valence-electron chi connectivity index (χ0n) is 14.7. The van der Waals surface area contributed by atoms with Crippen molar-refractivity contribution in [1.82, 2.24) is 4.90 Å². The largest absolute Gasteiger partial charge is 0.485 e. The second-order valence-electron chi connectivity index (χ2n) is 6.02. The molecule has 0 fully saturated rings. The Labute approximate surface area is 144 Å². The van der Waals surface area contributed by atoms with Crippen LogP contribution in [0.3, 0.4) is 0 Å². The standard InChI is InChI=1S/C17H36N2S2/c1-5-9-13-18(14-10-6-2)17(20)19(21,15-11-7-3)16-12-8-4/h5-16H2,1-4H3. The Morgan fingerprint density at radius 1 is 0.810 bits per heavy atom. The molecular formula is C17H36N2S2. The van der Waals surface area contributed by atoms with E-state index in [0.29, 0.717) is 3.89 Å². The molecule has 0 bridgehead atoms. The van der Waals surface area contributed by atoms with Gasteiger partial charge >= 0.3 is 0 Å². The number of hydrogen-bond acceptors (Lipinski definition) is 2. The summed E-state index contributed by atoms with van der Waals surface area (Å²) in [4.78, 5) is 2.40. The van der Waals surface area contributed by atoms with E-state index < -0.39 is 0 Å². The van der Waals surface area contributed by atoms with Crippen LogP contribution >= 0.6 is 12.2 Å². The number of rotatable bonds is 12. The molecule has 0 aromatic rings. The molecule has 0 aliphatic carbocycles. The smallest absolute Gasteiger partial charge is 0.254 e. The summed E-state index contributed by atoms with van der Waals surface area (Å²) in [5.74, 6) is 0. The highest BCUT2D eigenvalue weighted by molar-refractivity contribution is 7.80. The molecule has 0 aliphatic heterocycles. The zero-order chi connectivity index (χ0) is 16.1. The molecule has 0 aromatic carbocycles. The summed E-state index contributed by atoms with van der Waals surface area (Å²) in [5.41, 5.74) is 0. The summed E-state index contributed by atoms with van der Waals surface area (Å²) in [7, 11) is 0. The van der Waals surface area contributed by atoms with Crippen LogP contribution in [0.4, 0.5) is 0 Å². The molecular weight excluding hydrogens is 296 g/mol. The molecule has 0 atom stereocenters. The van der Waals surface area contributed by atoms with Crippen molar-refractivity contribution in [1.29, 1.82) is 0 Å². The van der Waals surface area contributed by atoms with Crippen LogP contribution in [0.1, 0.15) is 79.1 Å². The van der Waals surface area contributed by atoms with E-state index in [1.807, 2.05) is 0 Å². The Morgan fingerprint density at radius 3 is 1.52 bits per heavy atom. The number of hydrogen-bond donors (Lipinski definition) is 0. The van der Waals surface area contributed by atoms with Gasteiger partial charge in [0.05, 0.1) is 13.1 Å². The predicted octanol–water partition coefficient (Wildman–Crippen LogP) is 5.05. The summed E-state index contributed by atoms with van der Waals surface area (Å²) in [5, 5.41) is 1.01. The van der Waals surface area contributed by atoms with E-state index in [9.17, 15) is 0 Å². The van der Waals surface area contributed by atoms with Crippen molar-refractivity contribution in [2.75, 3.05) is 26.2 Å². The number of nitrogens with zero attached hydrogens (tertiary/aromatic N) is 2. The lowest BCUT2D eigenvalue weighted by atomic mass is 10.2. The molecule has 126 valence electrons. The molecule has 4 heteroatoms. The molecule has 2 nitrogen and oxygen atoms in total. The monoisotopic (exact) mass is 332 g/mol. The molecule has 0 rings (SSSR count). The van der Waals surface area contributed by atoms with Gasteiger partial charge in [-0.05, 0) is 25.7 Å². The Morgan fingerprint density at radius 2 is 1.19 bits per heavy atom. The van der Waals surface area contributed by atoms with E-state index in [0.717, 1.165) is 31.3 Å². The van der Waals surface area contributed by atoms with Gasteiger partial charge in [0.2, 0.25) is 0 Å². The van der Waals surface area contributed by atoms with Gasteiger partial charge in [0, 0.05) is 25.3 Å². The molecule has 0 aliphatic rings. The van der Waals surface area contributed by atoms with E-state index in [2.05, 4.69) is 32.6 Å². The van der Waals surface area contributed by atoms with E-state index in [-0.39, 0.29) is 0 Å². The molecule has 0 heterocycles. The van der Waals surface area contributed by atoms with Crippen molar-refractivity contribution in [3.8, 4) is 0 Å². The van der Waals surface area contributed by atoms with Gasteiger partial charge in [-0.3, -0.25) is 0 Å². The molecule has 0 saturated heterocycles. The van der Waals surface area contributed by atoms with Crippen LogP contribution in [0.2, 0.25) is 0 Å². The van der Waals surface area contributed by atoms with Gasteiger partial charge < -0.3 is 21.6 Å².